The topological polar surface area (TPSA) is 81.4 Å². The summed E-state index contributed by atoms with van der Waals surface area (Å²) >= 11 is -1.84. The molecule has 0 radical (unpaired) electrons. The number of hydrogen-bond donors (Lipinski definition) is 2. The number of carbonyl (C=O) groups is 1. The zero-order chi connectivity index (χ0) is 30.1. The Labute approximate surface area is 255 Å². The molecule has 4 rings (SSSR count). The van der Waals surface area contributed by atoms with Crippen molar-refractivity contribution in [1.29, 1.82) is 0 Å². The van der Waals surface area contributed by atoms with Crippen LogP contribution in [0.4, 0.5) is 4.79 Å². The fourth-order valence-corrected chi connectivity index (χ4v) is 19.5. The molecule has 1 heterocycles. The third-order valence-electron chi connectivity index (χ3n) is 8.21. The largest absolute Gasteiger partial charge is 0.530 e. The van der Waals surface area contributed by atoms with Crippen LogP contribution >= 0.6 is 0 Å². The minimum Gasteiger partial charge on any atom is -0.530 e. The van der Waals surface area contributed by atoms with Gasteiger partial charge in [0.2, 0.25) is 0 Å². The Morgan fingerprint density at radius 2 is 1.10 bits per heavy atom. The molecule has 3 N–H and O–H groups in total. The van der Waals surface area contributed by atoms with Gasteiger partial charge < -0.3 is 20.5 Å². The molecular formula is C35H49N3O2Sn. The van der Waals surface area contributed by atoms with Crippen LogP contribution in [0.2, 0.25) is 13.3 Å². The summed E-state index contributed by atoms with van der Waals surface area (Å²) < 4.78 is 4.14. The van der Waals surface area contributed by atoms with Gasteiger partial charge in [-0.3, -0.25) is 5.32 Å². The summed E-state index contributed by atoms with van der Waals surface area (Å²) in [5.74, 6) is 0. The van der Waals surface area contributed by atoms with Gasteiger partial charge in [0.05, 0.1) is 6.17 Å². The summed E-state index contributed by atoms with van der Waals surface area (Å²) in [7, 11) is 0. The first-order valence-electron chi connectivity index (χ1n) is 14.8. The molecule has 1 aliphatic rings. The van der Waals surface area contributed by atoms with Gasteiger partial charge in [-0.2, -0.15) is 0 Å². The van der Waals surface area contributed by atoms with Gasteiger partial charge in [0.15, 0.2) is 0 Å². The van der Waals surface area contributed by atoms with Crippen molar-refractivity contribution in [3.8, 4) is 0 Å². The SMILES string of the molecule is CC(C)([CH2][Sn+]([CH2]C(C)(C)c1ccccc1)[CH2]C(C)(C)c1ccccc1)c1ccccc1.NC1CN(C(=O)[O-])CCN1. The van der Waals surface area contributed by atoms with Crippen LogP contribution in [-0.4, -0.2) is 56.6 Å². The number of nitrogens with one attached hydrogen (secondary N) is 1. The number of nitrogens with zero attached hydrogens (tertiary/aromatic N) is 1. The molecule has 1 aliphatic heterocycles. The van der Waals surface area contributed by atoms with Crippen molar-refractivity contribution in [2.75, 3.05) is 19.6 Å². The van der Waals surface area contributed by atoms with Crippen LogP contribution in [0.15, 0.2) is 91.0 Å². The van der Waals surface area contributed by atoms with E-state index in [1.54, 1.807) is 0 Å². The predicted molar refractivity (Wildman–Crippen MR) is 172 cm³/mol. The van der Waals surface area contributed by atoms with Crippen LogP contribution in [0.3, 0.4) is 0 Å². The van der Waals surface area contributed by atoms with Crippen molar-refractivity contribution in [1.82, 2.24) is 10.2 Å². The Bertz CT molecular complexity index is 1070. The summed E-state index contributed by atoms with van der Waals surface area (Å²) in [5, 5.41) is 13.1. The van der Waals surface area contributed by atoms with Crippen molar-refractivity contribution >= 4 is 25.9 Å². The van der Waals surface area contributed by atoms with Crippen molar-refractivity contribution in [3.05, 3.63) is 108 Å². The maximum absolute atomic E-state index is 10.2. The third kappa shape index (κ3) is 10.2. The molecule has 1 fully saturated rings. The van der Waals surface area contributed by atoms with E-state index in [1.165, 1.54) is 34.9 Å². The smallest absolute Gasteiger partial charge is 0.137 e. The molecular weight excluding hydrogens is 613 g/mol. The average Bonchev–Trinajstić information content (AvgIpc) is 2.94. The van der Waals surface area contributed by atoms with E-state index in [0.29, 0.717) is 19.6 Å². The van der Waals surface area contributed by atoms with Crippen molar-refractivity contribution in [2.45, 2.75) is 77.3 Å². The monoisotopic (exact) mass is 663 g/mol. The van der Waals surface area contributed by atoms with Crippen LogP contribution in [0.5, 0.6) is 0 Å². The molecule has 1 atom stereocenters. The van der Waals surface area contributed by atoms with E-state index in [4.69, 9.17) is 5.73 Å². The minimum absolute atomic E-state index is 0.232. The van der Waals surface area contributed by atoms with Crippen molar-refractivity contribution < 1.29 is 9.90 Å². The van der Waals surface area contributed by atoms with Crippen molar-refractivity contribution in [2.24, 2.45) is 5.73 Å². The molecule has 6 heteroatoms. The number of carboxylic acid groups (broad SMARTS) is 1. The zero-order valence-corrected chi connectivity index (χ0v) is 28.7. The van der Waals surface area contributed by atoms with Gasteiger partial charge >= 0.3 is 199 Å². The number of benzene rings is 3. The zero-order valence-electron chi connectivity index (χ0n) is 25.8. The second-order valence-electron chi connectivity index (χ2n) is 13.3. The predicted octanol–water partition coefficient (Wildman–Crippen LogP) is 5.93. The van der Waals surface area contributed by atoms with E-state index < -0.39 is 25.9 Å². The van der Waals surface area contributed by atoms with Crippen LogP contribution in [0.25, 0.3) is 0 Å². The molecule has 0 aliphatic carbocycles. The number of rotatable bonds is 9. The Morgan fingerprint density at radius 3 is 1.37 bits per heavy atom. The van der Waals surface area contributed by atoms with E-state index in [1.807, 2.05) is 0 Å². The Hall–Kier alpha value is -2.35. The fourth-order valence-electron chi connectivity index (χ4n) is 5.98. The summed E-state index contributed by atoms with van der Waals surface area (Å²) in [6, 6.07) is 33.5. The van der Waals surface area contributed by atoms with Gasteiger partial charge in [-0.05, 0) is 0 Å². The first-order valence-corrected chi connectivity index (χ1v) is 20.8. The molecule has 220 valence electrons. The molecule has 0 bridgehead atoms. The molecule has 1 saturated heterocycles. The maximum Gasteiger partial charge on any atom is 0.137 e. The van der Waals surface area contributed by atoms with Crippen molar-refractivity contribution in [3.63, 3.8) is 0 Å². The summed E-state index contributed by atoms with van der Waals surface area (Å²) in [4.78, 5) is 11.4. The second-order valence-corrected chi connectivity index (χ2v) is 20.6. The maximum atomic E-state index is 10.2. The number of nitrogens with two attached hydrogens (primary N) is 1. The minimum atomic E-state index is -1.84. The molecule has 0 saturated carbocycles. The Balaban J connectivity index is 0.000000389. The Morgan fingerprint density at radius 1 is 0.756 bits per heavy atom. The number of hydrogen-bond acceptors (Lipinski definition) is 4. The van der Waals surface area contributed by atoms with Gasteiger partial charge in [0.25, 0.3) is 0 Å². The summed E-state index contributed by atoms with van der Waals surface area (Å²) in [6.07, 6.45) is -1.39. The van der Waals surface area contributed by atoms with Crippen LogP contribution in [0.1, 0.15) is 58.2 Å². The number of carbonyl (C=O) groups excluding carboxylic acids is 1. The molecule has 3 aromatic rings. The summed E-state index contributed by atoms with van der Waals surface area (Å²) in [6.45, 7) is 16.2. The fraction of sp³-hybridized carbons (Fsp3) is 0.457. The van der Waals surface area contributed by atoms with Crippen LogP contribution in [-0.2, 0) is 16.2 Å². The molecule has 1 unspecified atom stereocenters. The first-order chi connectivity index (χ1) is 19.3. The van der Waals surface area contributed by atoms with E-state index in [9.17, 15) is 9.90 Å². The standard InChI is InChI=1S/3C10H13.C5H11N3O2.Sn/c3*1-10(2,3)9-7-5-4-6-8-9;6-4-3-8(5(9)10)2-1-7-4;/h3*4-8H,1H2,2-3H3;4,7H,1-3,6H2,(H,9,10);/q;;;;+1/p-1. The molecule has 5 nitrogen and oxygen atoms in total. The molecule has 3 aromatic carbocycles. The number of piperazine rings is 1. The van der Waals surface area contributed by atoms with Gasteiger partial charge in [0, 0.05) is 19.6 Å². The van der Waals surface area contributed by atoms with Crippen LogP contribution in [0, 0.1) is 0 Å². The average molecular weight is 663 g/mol. The number of amides is 1. The first kappa shape index (κ1) is 33.2. The van der Waals surface area contributed by atoms with E-state index in [-0.39, 0.29) is 22.4 Å². The van der Waals surface area contributed by atoms with E-state index >= 15 is 0 Å². The van der Waals surface area contributed by atoms with Crippen LogP contribution < -0.4 is 16.2 Å². The summed E-state index contributed by atoms with van der Waals surface area (Å²) in [5.41, 5.74) is 10.6. The van der Waals surface area contributed by atoms with Gasteiger partial charge in [-0.1, -0.05) is 0 Å². The molecule has 41 heavy (non-hydrogen) atoms. The molecule has 1 amide bonds. The molecule has 0 aromatic heterocycles. The third-order valence-corrected chi connectivity index (χ3v) is 20.1. The Kier molecular flexibility index (Phi) is 11.9. The van der Waals surface area contributed by atoms with Gasteiger partial charge in [0.1, 0.15) is 6.09 Å². The van der Waals surface area contributed by atoms with Gasteiger partial charge in [-0.15, -0.1) is 0 Å². The van der Waals surface area contributed by atoms with E-state index in [0.717, 1.165) is 0 Å². The second kappa shape index (κ2) is 14.7. The molecule has 0 spiro atoms. The van der Waals surface area contributed by atoms with E-state index in [2.05, 4.69) is 138 Å². The quantitative estimate of drug-likeness (QED) is 0.279. The normalized spacial score (nSPS) is 16.0. The van der Waals surface area contributed by atoms with Gasteiger partial charge in [-0.25, -0.2) is 0 Å².